The molecule has 6 heteroatoms. The van der Waals surface area contributed by atoms with Crippen molar-refractivity contribution in [3.8, 4) is 5.75 Å². The Kier molecular flexibility index (Phi) is 5.04. The summed E-state index contributed by atoms with van der Waals surface area (Å²) >= 11 is 0. The lowest BCUT2D eigenvalue weighted by Crippen LogP contribution is -2.51. The summed E-state index contributed by atoms with van der Waals surface area (Å²) in [7, 11) is 2.61. The van der Waals surface area contributed by atoms with Crippen LogP contribution in [0, 0.1) is 5.92 Å². The third-order valence-corrected chi connectivity index (χ3v) is 4.96. The molecule has 0 aromatic heterocycles. The van der Waals surface area contributed by atoms with Crippen molar-refractivity contribution < 1.29 is 23.8 Å². The number of hydrogen-bond donors (Lipinski definition) is 0. The standard InChI is InChI=1S/C18H23NO5/c1-22-17(20)13-8-14(18(21)23-2)10-16(9-13)24-11-15-7-12-3-5-19(15)6-4-12/h8-10,12,15H,3-7,11H2,1-2H3. The van der Waals surface area contributed by atoms with Gasteiger partial charge in [-0.3, -0.25) is 4.90 Å². The molecule has 4 rings (SSSR count). The molecule has 1 aromatic carbocycles. The number of methoxy groups -OCH3 is 2. The van der Waals surface area contributed by atoms with E-state index in [-0.39, 0.29) is 11.1 Å². The summed E-state index contributed by atoms with van der Waals surface area (Å²) in [5, 5.41) is 0. The van der Waals surface area contributed by atoms with Gasteiger partial charge in [-0.1, -0.05) is 0 Å². The van der Waals surface area contributed by atoms with E-state index in [2.05, 4.69) is 4.90 Å². The lowest BCUT2D eigenvalue weighted by atomic mass is 9.83. The number of ether oxygens (including phenoxy) is 3. The molecule has 0 saturated carbocycles. The molecule has 3 fully saturated rings. The monoisotopic (exact) mass is 333 g/mol. The Hall–Kier alpha value is -2.08. The smallest absolute Gasteiger partial charge is 0.338 e. The van der Waals surface area contributed by atoms with E-state index < -0.39 is 11.9 Å². The molecule has 1 aromatic rings. The normalized spacial score (nSPS) is 25.2. The molecule has 0 amide bonds. The van der Waals surface area contributed by atoms with E-state index >= 15 is 0 Å². The largest absolute Gasteiger partial charge is 0.492 e. The number of rotatable bonds is 5. The van der Waals surface area contributed by atoms with Gasteiger partial charge in [-0.25, -0.2) is 9.59 Å². The van der Waals surface area contributed by atoms with Crippen LogP contribution in [0.15, 0.2) is 18.2 Å². The van der Waals surface area contributed by atoms with E-state index in [4.69, 9.17) is 14.2 Å². The van der Waals surface area contributed by atoms with Crippen LogP contribution >= 0.6 is 0 Å². The quantitative estimate of drug-likeness (QED) is 0.769. The molecule has 1 unspecified atom stereocenters. The van der Waals surface area contributed by atoms with E-state index in [0.29, 0.717) is 18.4 Å². The third kappa shape index (κ3) is 3.53. The van der Waals surface area contributed by atoms with Crippen LogP contribution in [-0.2, 0) is 9.47 Å². The maximum Gasteiger partial charge on any atom is 0.338 e. The second kappa shape index (κ2) is 7.21. The Balaban J connectivity index is 1.74. The van der Waals surface area contributed by atoms with E-state index in [9.17, 15) is 9.59 Å². The highest BCUT2D eigenvalue weighted by molar-refractivity contribution is 5.96. The fourth-order valence-electron chi connectivity index (χ4n) is 3.61. The van der Waals surface area contributed by atoms with Crippen LogP contribution in [0.3, 0.4) is 0 Å². The Morgan fingerprint density at radius 3 is 2.08 bits per heavy atom. The van der Waals surface area contributed by atoms with Crippen LogP contribution in [0.5, 0.6) is 5.75 Å². The molecule has 3 aliphatic heterocycles. The highest BCUT2D eigenvalue weighted by Crippen LogP contribution is 2.32. The molecule has 0 aliphatic carbocycles. The van der Waals surface area contributed by atoms with Crippen molar-refractivity contribution in [2.45, 2.75) is 25.3 Å². The third-order valence-electron chi connectivity index (χ3n) is 4.96. The molecule has 3 heterocycles. The van der Waals surface area contributed by atoms with Crippen molar-refractivity contribution in [2.24, 2.45) is 5.92 Å². The molecule has 0 spiro atoms. The van der Waals surface area contributed by atoms with Gasteiger partial charge in [-0.15, -0.1) is 0 Å². The number of hydrogen-bond acceptors (Lipinski definition) is 6. The first-order chi connectivity index (χ1) is 11.6. The first-order valence-corrected chi connectivity index (χ1v) is 8.29. The fraction of sp³-hybridized carbons (Fsp3) is 0.556. The second-order valence-electron chi connectivity index (χ2n) is 6.41. The topological polar surface area (TPSA) is 65.1 Å². The van der Waals surface area contributed by atoms with Gasteiger partial charge in [0.05, 0.1) is 25.3 Å². The summed E-state index contributed by atoms with van der Waals surface area (Å²) < 4.78 is 15.4. The highest BCUT2D eigenvalue weighted by atomic mass is 16.5. The van der Waals surface area contributed by atoms with Gasteiger partial charge < -0.3 is 14.2 Å². The van der Waals surface area contributed by atoms with Crippen LogP contribution in [0.2, 0.25) is 0 Å². The Labute approximate surface area is 141 Å². The Morgan fingerprint density at radius 1 is 1.04 bits per heavy atom. The zero-order valence-corrected chi connectivity index (χ0v) is 14.1. The Morgan fingerprint density at radius 2 is 1.62 bits per heavy atom. The SMILES string of the molecule is COC(=O)c1cc(OCC2CC3CCN2CC3)cc(C(=O)OC)c1. The minimum atomic E-state index is -0.508. The number of carbonyl (C=O) groups is 2. The summed E-state index contributed by atoms with van der Waals surface area (Å²) in [6.45, 7) is 2.82. The number of esters is 2. The number of benzene rings is 1. The van der Waals surface area contributed by atoms with E-state index in [1.165, 1.54) is 33.1 Å². The van der Waals surface area contributed by atoms with Gasteiger partial charge in [0.15, 0.2) is 0 Å². The van der Waals surface area contributed by atoms with Crippen molar-refractivity contribution in [3.05, 3.63) is 29.3 Å². The van der Waals surface area contributed by atoms with Crippen LogP contribution in [-0.4, -0.2) is 56.8 Å². The van der Waals surface area contributed by atoms with Crippen LogP contribution in [0.25, 0.3) is 0 Å². The second-order valence-corrected chi connectivity index (χ2v) is 6.41. The van der Waals surface area contributed by atoms with Crippen LogP contribution in [0.1, 0.15) is 40.0 Å². The van der Waals surface area contributed by atoms with Crippen molar-refractivity contribution >= 4 is 11.9 Å². The lowest BCUT2D eigenvalue weighted by Gasteiger charge is -2.45. The summed E-state index contributed by atoms with van der Waals surface area (Å²) in [4.78, 5) is 26.1. The summed E-state index contributed by atoms with van der Waals surface area (Å²) in [6, 6.07) is 5.07. The molecule has 3 aliphatic rings. The minimum Gasteiger partial charge on any atom is -0.492 e. The first-order valence-electron chi connectivity index (χ1n) is 8.29. The molecule has 0 N–H and O–H groups in total. The molecule has 130 valence electrons. The predicted molar refractivity (Wildman–Crippen MR) is 87.3 cm³/mol. The van der Waals surface area contributed by atoms with Crippen molar-refractivity contribution in [1.82, 2.24) is 4.90 Å². The maximum atomic E-state index is 11.8. The van der Waals surface area contributed by atoms with Gasteiger partial charge in [0, 0.05) is 6.04 Å². The molecule has 3 saturated heterocycles. The van der Waals surface area contributed by atoms with E-state index in [1.807, 2.05) is 0 Å². The van der Waals surface area contributed by atoms with Gasteiger partial charge >= 0.3 is 11.9 Å². The zero-order valence-electron chi connectivity index (χ0n) is 14.1. The van der Waals surface area contributed by atoms with Crippen molar-refractivity contribution in [1.29, 1.82) is 0 Å². The molecule has 6 nitrogen and oxygen atoms in total. The number of piperidine rings is 3. The van der Waals surface area contributed by atoms with Gasteiger partial charge in [0.25, 0.3) is 0 Å². The number of carbonyl (C=O) groups excluding carboxylic acids is 2. The molecule has 2 bridgehead atoms. The lowest BCUT2D eigenvalue weighted by molar-refractivity contribution is 0.0238. The van der Waals surface area contributed by atoms with Gasteiger partial charge in [-0.2, -0.15) is 0 Å². The van der Waals surface area contributed by atoms with Gasteiger partial charge in [-0.05, 0) is 56.5 Å². The van der Waals surface area contributed by atoms with E-state index in [1.54, 1.807) is 12.1 Å². The fourth-order valence-corrected chi connectivity index (χ4v) is 3.61. The highest BCUT2D eigenvalue weighted by Gasteiger charge is 2.33. The van der Waals surface area contributed by atoms with E-state index in [0.717, 1.165) is 25.4 Å². The van der Waals surface area contributed by atoms with Gasteiger partial charge in [0.1, 0.15) is 12.4 Å². The van der Waals surface area contributed by atoms with Gasteiger partial charge in [0.2, 0.25) is 0 Å². The van der Waals surface area contributed by atoms with Crippen molar-refractivity contribution in [2.75, 3.05) is 33.9 Å². The first kappa shape index (κ1) is 16.8. The summed E-state index contributed by atoms with van der Waals surface area (Å²) in [5.41, 5.74) is 0.557. The Bertz CT molecular complexity index is 588. The van der Waals surface area contributed by atoms with Crippen LogP contribution < -0.4 is 4.74 Å². The average Bonchev–Trinajstić information content (AvgIpc) is 2.65. The molecule has 0 radical (unpaired) electrons. The predicted octanol–water partition coefficient (Wildman–Crippen LogP) is 2.12. The van der Waals surface area contributed by atoms with Crippen LogP contribution in [0.4, 0.5) is 0 Å². The molecule has 1 atom stereocenters. The van der Waals surface area contributed by atoms with Crippen molar-refractivity contribution in [3.63, 3.8) is 0 Å². The zero-order chi connectivity index (χ0) is 17.1. The summed E-state index contributed by atoms with van der Waals surface area (Å²) in [6.07, 6.45) is 3.71. The number of fused-ring (bicyclic) bond motifs is 3. The number of nitrogens with zero attached hydrogens (tertiary/aromatic N) is 1. The molecule has 24 heavy (non-hydrogen) atoms. The molecular formula is C18H23NO5. The maximum absolute atomic E-state index is 11.8. The average molecular weight is 333 g/mol. The minimum absolute atomic E-state index is 0.279. The summed E-state index contributed by atoms with van der Waals surface area (Å²) in [5.74, 6) is 0.272. The molecular weight excluding hydrogens is 310 g/mol.